The summed E-state index contributed by atoms with van der Waals surface area (Å²) in [5.74, 6) is 0. The Morgan fingerprint density at radius 1 is 1.12 bits per heavy atom. The fourth-order valence-corrected chi connectivity index (χ4v) is 2.35. The largest absolute Gasteiger partial charge is 0.321 e. The van der Waals surface area contributed by atoms with Gasteiger partial charge in [0.05, 0.1) is 0 Å². The Morgan fingerprint density at radius 2 is 1.88 bits per heavy atom. The summed E-state index contributed by atoms with van der Waals surface area (Å²) in [7, 11) is 0. The van der Waals surface area contributed by atoms with E-state index in [1.165, 1.54) is 0 Å². The molecule has 1 aliphatic rings. The van der Waals surface area contributed by atoms with Gasteiger partial charge in [0.25, 0.3) is 0 Å². The van der Waals surface area contributed by atoms with Gasteiger partial charge in [-0.05, 0) is 36.1 Å². The van der Waals surface area contributed by atoms with E-state index in [9.17, 15) is 0 Å². The van der Waals surface area contributed by atoms with E-state index in [1.807, 2.05) is 36.5 Å². The maximum atomic E-state index is 6.27. The monoisotopic (exact) mass is 244 g/mol. The van der Waals surface area contributed by atoms with E-state index in [2.05, 4.69) is 4.98 Å². The zero-order chi connectivity index (χ0) is 11.9. The molecular weight excluding hydrogens is 232 g/mol. The highest BCUT2D eigenvalue weighted by Gasteiger charge is 2.42. The quantitative estimate of drug-likeness (QED) is 0.880. The molecule has 3 rings (SSSR count). The van der Waals surface area contributed by atoms with Gasteiger partial charge < -0.3 is 5.73 Å². The van der Waals surface area contributed by atoms with Gasteiger partial charge >= 0.3 is 0 Å². The van der Waals surface area contributed by atoms with Crippen molar-refractivity contribution in [3.63, 3.8) is 0 Å². The van der Waals surface area contributed by atoms with Gasteiger partial charge in [0.1, 0.15) is 0 Å². The molecule has 0 unspecified atom stereocenters. The molecule has 1 saturated carbocycles. The minimum Gasteiger partial charge on any atom is -0.321 e. The fourth-order valence-electron chi connectivity index (χ4n) is 2.11. The zero-order valence-electron chi connectivity index (χ0n) is 9.36. The van der Waals surface area contributed by atoms with E-state index in [-0.39, 0.29) is 5.54 Å². The summed E-state index contributed by atoms with van der Waals surface area (Å²) in [4.78, 5) is 4.18. The second-order valence-electron chi connectivity index (χ2n) is 4.56. The van der Waals surface area contributed by atoms with Crippen molar-refractivity contribution in [3.05, 3.63) is 53.3 Å². The number of nitrogens with zero attached hydrogens (tertiary/aromatic N) is 1. The molecule has 17 heavy (non-hydrogen) atoms. The number of hydrogen-bond acceptors (Lipinski definition) is 2. The van der Waals surface area contributed by atoms with Crippen molar-refractivity contribution in [2.45, 2.75) is 18.4 Å². The lowest BCUT2D eigenvalue weighted by Gasteiger charge is -2.15. The predicted molar refractivity (Wildman–Crippen MR) is 69.8 cm³/mol. The summed E-state index contributed by atoms with van der Waals surface area (Å²) in [5.41, 5.74) is 9.32. The summed E-state index contributed by atoms with van der Waals surface area (Å²) in [6, 6.07) is 9.83. The molecule has 2 aromatic rings. The van der Waals surface area contributed by atoms with Gasteiger partial charge in [-0.1, -0.05) is 29.8 Å². The molecule has 1 fully saturated rings. The maximum Gasteiger partial charge on any atom is 0.0484 e. The molecule has 1 aromatic carbocycles. The first-order valence-electron chi connectivity index (χ1n) is 5.69. The van der Waals surface area contributed by atoms with Crippen molar-refractivity contribution in [2.24, 2.45) is 5.73 Å². The van der Waals surface area contributed by atoms with Crippen molar-refractivity contribution in [3.8, 4) is 11.1 Å². The summed E-state index contributed by atoms with van der Waals surface area (Å²) in [5, 5.41) is 0.754. The van der Waals surface area contributed by atoms with Crippen LogP contribution in [0.25, 0.3) is 11.1 Å². The summed E-state index contributed by atoms with van der Waals surface area (Å²) >= 11 is 6.24. The molecule has 0 saturated heterocycles. The SMILES string of the molecule is NC1(c2cnccc2-c2ccccc2Cl)CC1. The minimum atomic E-state index is -0.192. The van der Waals surface area contributed by atoms with Gasteiger partial charge in [-0.2, -0.15) is 0 Å². The molecule has 2 N–H and O–H groups in total. The molecule has 0 amide bonds. The Labute approximate surface area is 105 Å². The molecule has 1 heterocycles. The van der Waals surface area contributed by atoms with Crippen LogP contribution < -0.4 is 5.73 Å². The van der Waals surface area contributed by atoms with Crippen LogP contribution in [0.4, 0.5) is 0 Å². The van der Waals surface area contributed by atoms with Crippen molar-refractivity contribution in [2.75, 3.05) is 0 Å². The highest BCUT2D eigenvalue weighted by atomic mass is 35.5. The number of pyridine rings is 1. The third kappa shape index (κ3) is 1.84. The standard InChI is InChI=1S/C14H13ClN2/c15-13-4-2-1-3-11(13)10-5-8-17-9-12(10)14(16)6-7-14/h1-5,8-9H,6-7,16H2. The van der Waals surface area contributed by atoms with Crippen LogP contribution in [0, 0.1) is 0 Å². The lowest BCUT2D eigenvalue weighted by atomic mass is 9.96. The number of halogens is 1. The van der Waals surface area contributed by atoms with Crippen LogP contribution in [0.2, 0.25) is 5.02 Å². The molecular formula is C14H13ClN2. The number of rotatable bonds is 2. The van der Waals surface area contributed by atoms with Crippen LogP contribution in [0.3, 0.4) is 0 Å². The van der Waals surface area contributed by atoms with Crippen molar-refractivity contribution >= 4 is 11.6 Å². The molecule has 0 radical (unpaired) electrons. The molecule has 1 aromatic heterocycles. The molecule has 1 aliphatic carbocycles. The van der Waals surface area contributed by atoms with E-state index in [0.29, 0.717) is 0 Å². The first kappa shape index (κ1) is 10.8. The van der Waals surface area contributed by atoms with Crippen molar-refractivity contribution in [1.82, 2.24) is 4.98 Å². The van der Waals surface area contributed by atoms with Crippen LogP contribution >= 0.6 is 11.6 Å². The van der Waals surface area contributed by atoms with Crippen LogP contribution in [-0.4, -0.2) is 4.98 Å². The van der Waals surface area contributed by atoms with Crippen LogP contribution in [0.5, 0.6) is 0 Å². The predicted octanol–water partition coefficient (Wildman–Crippen LogP) is 3.35. The fraction of sp³-hybridized carbons (Fsp3) is 0.214. The first-order chi connectivity index (χ1) is 8.21. The molecule has 0 aliphatic heterocycles. The average molecular weight is 245 g/mol. The lowest BCUT2D eigenvalue weighted by Crippen LogP contribution is -2.20. The Bertz CT molecular complexity index is 562. The van der Waals surface area contributed by atoms with Gasteiger partial charge in [-0.25, -0.2) is 0 Å². The van der Waals surface area contributed by atoms with Crippen LogP contribution in [-0.2, 0) is 5.54 Å². The van der Waals surface area contributed by atoms with E-state index in [0.717, 1.165) is 34.6 Å². The van der Waals surface area contributed by atoms with Gasteiger partial charge in [-0.15, -0.1) is 0 Å². The highest BCUT2D eigenvalue weighted by Crippen LogP contribution is 2.46. The Hall–Kier alpha value is -1.38. The second-order valence-corrected chi connectivity index (χ2v) is 4.96. The molecule has 0 bridgehead atoms. The topological polar surface area (TPSA) is 38.9 Å². The molecule has 86 valence electrons. The smallest absolute Gasteiger partial charge is 0.0484 e. The number of benzene rings is 1. The van der Waals surface area contributed by atoms with E-state index in [4.69, 9.17) is 17.3 Å². The zero-order valence-corrected chi connectivity index (χ0v) is 10.1. The molecule has 0 atom stereocenters. The third-order valence-electron chi connectivity index (χ3n) is 3.31. The van der Waals surface area contributed by atoms with Crippen LogP contribution in [0.15, 0.2) is 42.7 Å². The Kier molecular flexibility index (Phi) is 2.42. The molecule has 3 heteroatoms. The van der Waals surface area contributed by atoms with Crippen molar-refractivity contribution in [1.29, 1.82) is 0 Å². The summed E-state index contributed by atoms with van der Waals surface area (Å²) < 4.78 is 0. The second kappa shape index (κ2) is 3.83. The summed E-state index contributed by atoms with van der Waals surface area (Å²) in [6.45, 7) is 0. The normalized spacial score (nSPS) is 16.8. The van der Waals surface area contributed by atoms with Gasteiger partial charge in [0.15, 0.2) is 0 Å². The number of nitrogens with two attached hydrogens (primary N) is 1. The lowest BCUT2D eigenvalue weighted by molar-refractivity contribution is 0.737. The third-order valence-corrected chi connectivity index (χ3v) is 3.64. The maximum absolute atomic E-state index is 6.27. The summed E-state index contributed by atoms with van der Waals surface area (Å²) in [6.07, 6.45) is 5.70. The number of aromatic nitrogens is 1. The minimum absolute atomic E-state index is 0.192. The molecule has 2 nitrogen and oxygen atoms in total. The molecule has 0 spiro atoms. The van der Waals surface area contributed by atoms with Gasteiger partial charge in [0.2, 0.25) is 0 Å². The number of hydrogen-bond donors (Lipinski definition) is 1. The van der Waals surface area contributed by atoms with E-state index < -0.39 is 0 Å². The highest BCUT2D eigenvalue weighted by molar-refractivity contribution is 6.33. The van der Waals surface area contributed by atoms with Crippen molar-refractivity contribution < 1.29 is 0 Å². The van der Waals surface area contributed by atoms with Gasteiger partial charge in [0, 0.05) is 28.5 Å². The van der Waals surface area contributed by atoms with E-state index >= 15 is 0 Å². The Balaban J connectivity index is 2.18. The average Bonchev–Trinajstić information content (AvgIpc) is 3.09. The first-order valence-corrected chi connectivity index (χ1v) is 6.07. The van der Waals surface area contributed by atoms with E-state index in [1.54, 1.807) is 6.20 Å². The van der Waals surface area contributed by atoms with Crippen LogP contribution in [0.1, 0.15) is 18.4 Å². The van der Waals surface area contributed by atoms with Gasteiger partial charge in [-0.3, -0.25) is 4.98 Å². The Morgan fingerprint density at radius 3 is 2.59 bits per heavy atom.